The molecule has 10 nitrogen and oxygen atoms in total. The standard InChI is InChI=1S/C23H22N6O2.C2HF3O2/c1-13-9-18-19(10-14(13)2)29(21-20(26-18)22(30)28-23(31)27-21)8-7-24-12-15-3-4-16-5-6-25-17(16)11-15;3-2(4,5)1(6)7/h3-4,6,9-11,24H,5,7-8,12H2,1-2H3,(H,28,30,31);(H,6,7). The number of alkyl halides is 3. The van der Waals surface area contributed by atoms with Crippen LogP contribution in [0.1, 0.15) is 22.3 Å². The number of aryl methyl sites for hydroxylation is 2. The number of halogens is 3. The number of H-pyrrole nitrogens is 1. The van der Waals surface area contributed by atoms with E-state index < -0.39 is 23.4 Å². The van der Waals surface area contributed by atoms with E-state index >= 15 is 0 Å². The van der Waals surface area contributed by atoms with Crippen molar-refractivity contribution in [2.45, 2.75) is 39.5 Å². The molecule has 2 aromatic carbocycles. The maximum absolute atomic E-state index is 12.4. The third-order valence-corrected chi connectivity index (χ3v) is 6.00. The van der Waals surface area contributed by atoms with Gasteiger partial charge in [0.2, 0.25) is 0 Å². The summed E-state index contributed by atoms with van der Waals surface area (Å²) in [4.78, 5) is 48.3. The number of aliphatic carboxylic acids is 1. The van der Waals surface area contributed by atoms with Gasteiger partial charge < -0.3 is 15.0 Å². The molecule has 3 heterocycles. The summed E-state index contributed by atoms with van der Waals surface area (Å²) in [6.45, 7) is 5.91. The van der Waals surface area contributed by atoms with Crippen LogP contribution in [0.2, 0.25) is 0 Å². The number of nitrogens with one attached hydrogen (secondary N) is 2. The van der Waals surface area contributed by atoms with Gasteiger partial charge >= 0.3 is 17.8 Å². The van der Waals surface area contributed by atoms with Crippen molar-refractivity contribution in [1.82, 2.24) is 24.8 Å². The van der Waals surface area contributed by atoms with Crippen LogP contribution in [0.4, 0.5) is 18.9 Å². The van der Waals surface area contributed by atoms with Gasteiger partial charge in [0.1, 0.15) is 0 Å². The van der Waals surface area contributed by atoms with Crippen molar-refractivity contribution >= 4 is 28.9 Å². The zero-order valence-electron chi connectivity index (χ0n) is 20.4. The molecule has 0 aliphatic carbocycles. The minimum atomic E-state index is -5.08. The fraction of sp³-hybridized carbons (Fsp3) is 0.280. The van der Waals surface area contributed by atoms with Crippen LogP contribution in [0.5, 0.6) is 0 Å². The minimum Gasteiger partial charge on any atom is -0.475 e. The summed E-state index contributed by atoms with van der Waals surface area (Å²) in [7, 11) is 0. The third-order valence-electron chi connectivity index (χ3n) is 6.00. The molecule has 0 unspecified atom stereocenters. The van der Waals surface area contributed by atoms with E-state index in [0.717, 1.165) is 34.3 Å². The molecule has 5 rings (SSSR count). The molecule has 0 bridgehead atoms. The Kier molecular flexibility index (Phi) is 7.39. The number of benzene rings is 2. The summed E-state index contributed by atoms with van der Waals surface area (Å²) in [6.07, 6.45) is -2.25. The van der Waals surface area contributed by atoms with Gasteiger partial charge in [-0.25, -0.2) is 14.6 Å². The highest BCUT2D eigenvalue weighted by Gasteiger charge is 2.38. The van der Waals surface area contributed by atoms with Gasteiger partial charge in [-0.15, -0.1) is 0 Å². The fourth-order valence-corrected chi connectivity index (χ4v) is 3.95. The number of nitrogens with zero attached hydrogens (tertiary/aromatic N) is 4. The first-order valence-electron chi connectivity index (χ1n) is 11.5. The molecule has 0 fully saturated rings. The predicted molar refractivity (Wildman–Crippen MR) is 134 cm³/mol. The Bertz CT molecular complexity index is 1640. The van der Waals surface area contributed by atoms with Crippen LogP contribution in [0, 0.1) is 13.8 Å². The van der Waals surface area contributed by atoms with E-state index in [4.69, 9.17) is 9.90 Å². The lowest BCUT2D eigenvalue weighted by Gasteiger charge is -2.18. The monoisotopic (exact) mass is 528 g/mol. The van der Waals surface area contributed by atoms with Crippen LogP contribution in [0.15, 0.2) is 44.9 Å². The lowest BCUT2D eigenvalue weighted by Crippen LogP contribution is -2.30. The van der Waals surface area contributed by atoms with E-state index in [1.54, 1.807) is 0 Å². The SMILES string of the molecule is Cc1cc2nc3c(=O)[nH]c(=O)nc-3n(CCNCc3ccc4c(c3)N=CC4)c2cc1C.O=C(O)C(F)(F)F. The molecular formula is C25H23F3N6O4. The highest BCUT2D eigenvalue weighted by Crippen LogP contribution is 2.25. The number of aromatic nitrogens is 4. The maximum atomic E-state index is 12.4. The van der Waals surface area contributed by atoms with Crippen molar-refractivity contribution in [3.8, 4) is 11.5 Å². The molecule has 0 saturated carbocycles. The first-order valence-corrected chi connectivity index (χ1v) is 11.5. The quantitative estimate of drug-likeness (QED) is 0.267. The summed E-state index contributed by atoms with van der Waals surface area (Å²) >= 11 is 0. The molecule has 3 N–H and O–H groups in total. The van der Waals surface area contributed by atoms with E-state index in [-0.39, 0.29) is 5.69 Å². The minimum absolute atomic E-state index is 0.173. The molecule has 0 spiro atoms. The van der Waals surface area contributed by atoms with E-state index in [2.05, 4.69) is 43.5 Å². The molecule has 0 aromatic heterocycles. The van der Waals surface area contributed by atoms with Crippen molar-refractivity contribution < 1.29 is 23.1 Å². The molecule has 3 aliphatic heterocycles. The average molecular weight is 528 g/mol. The number of hydrogen-bond acceptors (Lipinski definition) is 7. The highest BCUT2D eigenvalue weighted by molar-refractivity contribution is 5.81. The smallest absolute Gasteiger partial charge is 0.475 e. The summed E-state index contributed by atoms with van der Waals surface area (Å²) < 4.78 is 33.6. The molecule has 0 atom stereocenters. The Labute approximate surface area is 213 Å². The van der Waals surface area contributed by atoms with E-state index in [9.17, 15) is 22.8 Å². The van der Waals surface area contributed by atoms with Gasteiger partial charge in [-0.2, -0.15) is 18.2 Å². The summed E-state index contributed by atoms with van der Waals surface area (Å²) in [5.41, 5.74) is 6.20. The molecule has 2 aromatic rings. The molecule has 38 heavy (non-hydrogen) atoms. The fourth-order valence-electron chi connectivity index (χ4n) is 3.95. The Balaban J connectivity index is 0.000000426. The second kappa shape index (κ2) is 10.5. The molecule has 0 radical (unpaired) electrons. The third kappa shape index (κ3) is 5.78. The Hall–Kier alpha value is -4.39. The van der Waals surface area contributed by atoms with Gasteiger partial charge in [-0.1, -0.05) is 12.1 Å². The Morgan fingerprint density at radius 2 is 1.84 bits per heavy atom. The lowest BCUT2D eigenvalue weighted by atomic mass is 10.1. The number of hydrogen-bond donors (Lipinski definition) is 3. The van der Waals surface area contributed by atoms with E-state index in [1.165, 1.54) is 5.56 Å². The van der Waals surface area contributed by atoms with Crippen molar-refractivity contribution in [3.05, 3.63) is 73.4 Å². The first kappa shape index (κ1) is 26.7. The number of rotatable bonds is 5. The highest BCUT2D eigenvalue weighted by atomic mass is 19.4. The van der Waals surface area contributed by atoms with Crippen LogP contribution in [0.3, 0.4) is 0 Å². The molecule has 13 heteroatoms. The molecule has 0 amide bonds. The van der Waals surface area contributed by atoms with Crippen molar-refractivity contribution in [3.63, 3.8) is 0 Å². The van der Waals surface area contributed by atoms with Crippen molar-refractivity contribution in [1.29, 1.82) is 0 Å². The van der Waals surface area contributed by atoms with Gasteiger partial charge in [0.05, 0.1) is 16.7 Å². The molecule has 3 aliphatic rings. The van der Waals surface area contributed by atoms with Crippen LogP contribution in [0.25, 0.3) is 22.6 Å². The predicted octanol–water partition coefficient (Wildman–Crippen LogP) is 2.88. The van der Waals surface area contributed by atoms with Crippen LogP contribution < -0.4 is 16.6 Å². The van der Waals surface area contributed by atoms with E-state index in [0.29, 0.717) is 31.0 Å². The largest absolute Gasteiger partial charge is 0.490 e. The Morgan fingerprint density at radius 1 is 1.13 bits per heavy atom. The Morgan fingerprint density at radius 3 is 2.55 bits per heavy atom. The number of aliphatic imine (C=N–C) groups is 1. The summed E-state index contributed by atoms with van der Waals surface area (Å²) in [5.74, 6) is -2.45. The van der Waals surface area contributed by atoms with Gasteiger partial charge in [0.15, 0.2) is 11.5 Å². The van der Waals surface area contributed by atoms with Gasteiger partial charge in [0, 0.05) is 32.3 Å². The summed E-state index contributed by atoms with van der Waals surface area (Å²) in [6, 6.07) is 10.3. The van der Waals surface area contributed by atoms with Gasteiger partial charge in [-0.05, 0) is 54.3 Å². The van der Waals surface area contributed by atoms with Crippen molar-refractivity contribution in [2.24, 2.45) is 4.99 Å². The molecular weight excluding hydrogens is 505 g/mol. The number of carboxylic acid groups (broad SMARTS) is 1. The summed E-state index contributed by atoms with van der Waals surface area (Å²) in [5, 5.41) is 10.6. The van der Waals surface area contributed by atoms with Crippen molar-refractivity contribution in [2.75, 3.05) is 6.54 Å². The zero-order valence-corrected chi connectivity index (χ0v) is 20.4. The van der Waals surface area contributed by atoms with Crippen LogP contribution >= 0.6 is 0 Å². The first-order chi connectivity index (χ1) is 17.9. The van der Waals surface area contributed by atoms with Gasteiger partial charge in [-0.3, -0.25) is 14.8 Å². The number of carboxylic acids is 1. The lowest BCUT2D eigenvalue weighted by molar-refractivity contribution is -0.192. The number of fused-ring (bicyclic) bond motifs is 3. The molecule has 198 valence electrons. The average Bonchev–Trinajstić information content (AvgIpc) is 3.31. The second-order valence-electron chi connectivity index (χ2n) is 8.69. The topological polar surface area (TPSA) is 142 Å². The zero-order chi connectivity index (χ0) is 27.6. The van der Waals surface area contributed by atoms with E-state index in [1.807, 2.05) is 36.8 Å². The molecule has 0 saturated heterocycles. The van der Waals surface area contributed by atoms with Gasteiger partial charge in [0.25, 0.3) is 5.56 Å². The second-order valence-corrected chi connectivity index (χ2v) is 8.69. The maximum Gasteiger partial charge on any atom is 0.490 e. The number of carbonyl (C=O) groups is 1. The van der Waals surface area contributed by atoms with Crippen LogP contribution in [-0.4, -0.2) is 49.5 Å². The normalized spacial score (nSPS) is 12.4. The number of aromatic amines is 1. The van der Waals surface area contributed by atoms with Crippen LogP contribution in [-0.2, 0) is 24.3 Å².